The zero-order valence-corrected chi connectivity index (χ0v) is 25.3. The van der Waals surface area contributed by atoms with Crippen LogP contribution in [0.1, 0.15) is 21.6 Å². The van der Waals surface area contributed by atoms with Gasteiger partial charge in [-0.1, -0.05) is 6.07 Å². The maximum atomic E-state index is 13.2. The number of carbonyl (C=O) groups excluding carboxylic acids is 1. The second kappa shape index (κ2) is 14.3. The molecule has 0 radical (unpaired) electrons. The fourth-order valence-corrected chi connectivity index (χ4v) is 5.21. The van der Waals surface area contributed by atoms with E-state index >= 15 is 0 Å². The van der Waals surface area contributed by atoms with E-state index in [9.17, 15) is 9.59 Å². The lowest BCUT2D eigenvalue weighted by Gasteiger charge is -2.34. The van der Waals surface area contributed by atoms with Gasteiger partial charge in [-0.25, -0.2) is 4.98 Å². The van der Waals surface area contributed by atoms with Crippen molar-refractivity contribution < 1.29 is 24.1 Å². The van der Waals surface area contributed by atoms with E-state index in [1.807, 2.05) is 19.1 Å². The third kappa shape index (κ3) is 6.99. The molecule has 0 spiro atoms. The van der Waals surface area contributed by atoms with Crippen LogP contribution in [-0.2, 0) is 11.3 Å². The molecule has 1 aliphatic heterocycles. The van der Waals surface area contributed by atoms with E-state index in [0.29, 0.717) is 54.1 Å². The van der Waals surface area contributed by atoms with E-state index < -0.39 is 0 Å². The summed E-state index contributed by atoms with van der Waals surface area (Å²) in [5.41, 5.74) is 3.02. The Morgan fingerprint density at radius 1 is 0.932 bits per heavy atom. The molecule has 232 valence electrons. The molecule has 2 N–H and O–H groups in total. The molecule has 0 unspecified atom stereocenters. The molecule has 12 heteroatoms. The van der Waals surface area contributed by atoms with Crippen molar-refractivity contribution in [3.05, 3.63) is 81.8 Å². The van der Waals surface area contributed by atoms with Crippen LogP contribution in [0.5, 0.6) is 11.5 Å². The Hall–Kier alpha value is -4.52. The van der Waals surface area contributed by atoms with Crippen molar-refractivity contribution in [2.24, 2.45) is 0 Å². The smallest absolute Gasteiger partial charge is 0.256 e. The Balaban J connectivity index is 1.31. The maximum absolute atomic E-state index is 13.2. The van der Waals surface area contributed by atoms with Crippen LogP contribution in [0.25, 0.3) is 16.7 Å². The molecule has 0 bridgehead atoms. The van der Waals surface area contributed by atoms with Crippen LogP contribution in [0, 0.1) is 6.92 Å². The number of benzene rings is 2. The zero-order chi connectivity index (χ0) is 31.1. The number of nitrogens with one attached hydrogen (secondary N) is 1. The average molecular weight is 603 g/mol. The number of aliphatic hydroxyl groups is 1. The first-order valence-electron chi connectivity index (χ1n) is 14.6. The molecule has 44 heavy (non-hydrogen) atoms. The lowest BCUT2D eigenvalue weighted by molar-refractivity contribution is 0.0724. The highest BCUT2D eigenvalue weighted by molar-refractivity contribution is 5.94. The zero-order valence-electron chi connectivity index (χ0n) is 25.3. The number of nitrogens with zero attached hydrogens (tertiary/aromatic N) is 5. The number of rotatable bonds is 12. The second-order valence-electron chi connectivity index (χ2n) is 10.4. The average Bonchev–Trinajstić information content (AvgIpc) is 3.05. The summed E-state index contributed by atoms with van der Waals surface area (Å²) in [6.07, 6.45) is 0. The maximum Gasteiger partial charge on any atom is 0.256 e. The first-order valence-corrected chi connectivity index (χ1v) is 14.6. The Labute approximate surface area is 255 Å². The highest BCUT2D eigenvalue weighted by Gasteiger charge is 2.21. The van der Waals surface area contributed by atoms with Crippen molar-refractivity contribution in [1.29, 1.82) is 0 Å². The molecule has 1 saturated heterocycles. The summed E-state index contributed by atoms with van der Waals surface area (Å²) >= 11 is 0. The molecule has 2 aromatic carbocycles. The molecule has 0 aliphatic carbocycles. The second-order valence-corrected chi connectivity index (χ2v) is 10.4. The van der Waals surface area contributed by atoms with E-state index in [0.717, 1.165) is 49.4 Å². The molecular formula is C32H38N6O6. The molecule has 2 aromatic heterocycles. The number of carbonyl (C=O) groups is 1. The minimum absolute atomic E-state index is 0.0265. The van der Waals surface area contributed by atoms with Gasteiger partial charge in [-0.15, -0.1) is 0 Å². The lowest BCUT2D eigenvalue weighted by atomic mass is 10.1. The number of aliphatic hydroxyl groups excluding tert-OH is 1. The number of pyridine rings is 1. The predicted octanol–water partition coefficient (Wildman–Crippen LogP) is 2.17. The number of aromatic nitrogens is 3. The fraction of sp³-hybridized carbons (Fsp3) is 0.375. The highest BCUT2D eigenvalue weighted by Crippen LogP contribution is 2.27. The Morgan fingerprint density at radius 3 is 2.39 bits per heavy atom. The lowest BCUT2D eigenvalue weighted by Crippen LogP contribution is -2.48. The molecule has 4 aromatic rings. The molecule has 1 amide bonds. The summed E-state index contributed by atoms with van der Waals surface area (Å²) in [7, 11) is 3.14. The quantitative estimate of drug-likeness (QED) is 0.233. The van der Waals surface area contributed by atoms with Gasteiger partial charge in [0.25, 0.3) is 11.5 Å². The molecule has 12 nitrogen and oxygen atoms in total. The van der Waals surface area contributed by atoms with Gasteiger partial charge in [-0.05, 0) is 55.0 Å². The fourth-order valence-electron chi connectivity index (χ4n) is 5.21. The number of hydrogen-bond acceptors (Lipinski definition) is 10. The Bertz CT molecular complexity index is 1650. The summed E-state index contributed by atoms with van der Waals surface area (Å²) in [5, 5.41) is 12.6. The van der Waals surface area contributed by atoms with Gasteiger partial charge in [0.2, 0.25) is 5.95 Å². The number of fused-ring (bicyclic) bond motifs is 1. The minimum atomic E-state index is -0.240. The van der Waals surface area contributed by atoms with Gasteiger partial charge >= 0.3 is 0 Å². The number of hydrogen-bond donors (Lipinski definition) is 2. The van der Waals surface area contributed by atoms with Crippen LogP contribution in [0.3, 0.4) is 0 Å². The van der Waals surface area contributed by atoms with Gasteiger partial charge in [0, 0.05) is 56.3 Å². The first-order chi connectivity index (χ1) is 21.4. The standard InChI is InChI=1S/C32H38N6O6/c1-22-26-9-11-29(40)38(30(26)35-32(34-22)37-14-12-36(13-15-37)16-18-44-19-17-39)25-7-5-24(6-8-25)31(41)33-21-23-4-10-27(42-2)28(20-23)43-3/h4-11,20,39H,12-19,21H2,1-3H3,(H,33,41). The van der Waals surface area contributed by atoms with Crippen LogP contribution < -0.4 is 25.2 Å². The van der Waals surface area contributed by atoms with E-state index in [1.54, 1.807) is 55.2 Å². The van der Waals surface area contributed by atoms with Gasteiger partial charge in [0.15, 0.2) is 17.1 Å². The summed E-state index contributed by atoms with van der Waals surface area (Å²) in [6, 6.07) is 15.7. The Kier molecular flexibility index (Phi) is 10.1. The number of ether oxygens (including phenoxy) is 3. The van der Waals surface area contributed by atoms with Crippen molar-refractivity contribution >= 4 is 22.9 Å². The number of piperazine rings is 1. The molecule has 5 rings (SSSR count). The summed E-state index contributed by atoms with van der Waals surface area (Å²) < 4.78 is 17.6. The van der Waals surface area contributed by atoms with Gasteiger partial charge in [-0.2, -0.15) is 4.98 Å². The van der Waals surface area contributed by atoms with Crippen LogP contribution in [0.4, 0.5) is 5.95 Å². The SMILES string of the molecule is COc1ccc(CNC(=O)c2ccc(-n3c(=O)ccc4c(C)nc(N5CCN(CCOCCO)CC5)nc43)cc2)cc1OC. The van der Waals surface area contributed by atoms with Gasteiger partial charge in [0.1, 0.15) is 0 Å². The number of methoxy groups -OCH3 is 2. The van der Waals surface area contributed by atoms with Gasteiger partial charge < -0.3 is 29.5 Å². The summed E-state index contributed by atoms with van der Waals surface area (Å²) in [6.45, 7) is 7.15. The van der Waals surface area contributed by atoms with Crippen molar-refractivity contribution in [3.8, 4) is 17.2 Å². The topological polar surface area (TPSA) is 131 Å². The summed E-state index contributed by atoms with van der Waals surface area (Å²) in [5.74, 6) is 1.55. The van der Waals surface area contributed by atoms with Crippen LogP contribution >= 0.6 is 0 Å². The van der Waals surface area contributed by atoms with E-state index in [4.69, 9.17) is 29.3 Å². The molecule has 1 aliphatic rings. The van der Waals surface area contributed by atoms with Crippen LogP contribution in [-0.4, -0.2) is 97.2 Å². The molecule has 0 saturated carbocycles. The third-order valence-corrected chi connectivity index (χ3v) is 7.66. The van der Waals surface area contributed by atoms with E-state index in [2.05, 4.69) is 15.1 Å². The third-order valence-electron chi connectivity index (χ3n) is 7.66. The van der Waals surface area contributed by atoms with E-state index in [1.165, 1.54) is 6.07 Å². The molecule has 0 atom stereocenters. The van der Waals surface area contributed by atoms with Crippen LogP contribution in [0.15, 0.2) is 59.4 Å². The minimum Gasteiger partial charge on any atom is -0.493 e. The van der Waals surface area contributed by atoms with E-state index in [-0.39, 0.29) is 18.1 Å². The van der Waals surface area contributed by atoms with Crippen molar-refractivity contribution in [3.63, 3.8) is 0 Å². The largest absolute Gasteiger partial charge is 0.493 e. The highest BCUT2D eigenvalue weighted by atomic mass is 16.5. The molecule has 1 fully saturated rings. The summed E-state index contributed by atoms with van der Waals surface area (Å²) in [4.78, 5) is 40.1. The number of aryl methyl sites for hydroxylation is 1. The monoisotopic (exact) mass is 602 g/mol. The van der Waals surface area contributed by atoms with Gasteiger partial charge in [-0.3, -0.25) is 19.1 Å². The molecule has 3 heterocycles. The van der Waals surface area contributed by atoms with Crippen molar-refractivity contribution in [2.45, 2.75) is 13.5 Å². The normalized spacial score (nSPS) is 13.7. The number of amides is 1. The van der Waals surface area contributed by atoms with Gasteiger partial charge in [0.05, 0.1) is 45.4 Å². The van der Waals surface area contributed by atoms with Crippen LogP contribution in [0.2, 0.25) is 0 Å². The first kappa shape index (κ1) is 30.9. The molecular weight excluding hydrogens is 564 g/mol. The predicted molar refractivity (Wildman–Crippen MR) is 167 cm³/mol. The van der Waals surface area contributed by atoms with Crippen molar-refractivity contribution in [1.82, 2.24) is 24.8 Å². The Morgan fingerprint density at radius 2 is 1.68 bits per heavy atom. The van der Waals surface area contributed by atoms with Crippen molar-refractivity contribution in [2.75, 3.05) is 71.7 Å². The number of anilines is 1.